The number of hydrogen-bond acceptors (Lipinski definition) is 2. The zero-order valence-corrected chi connectivity index (χ0v) is 12.0. The van der Waals surface area contributed by atoms with Gasteiger partial charge >= 0.3 is 0 Å². The highest BCUT2D eigenvalue weighted by Crippen LogP contribution is 2.31. The fourth-order valence-electron chi connectivity index (χ4n) is 2.80. The fourth-order valence-corrected chi connectivity index (χ4v) is 3.06. The molecule has 2 aromatic carbocycles. The molecule has 0 bridgehead atoms. The molecule has 0 N–H and O–H groups in total. The predicted octanol–water partition coefficient (Wildman–Crippen LogP) is 3.95. The van der Waals surface area contributed by atoms with Crippen LogP contribution in [0.25, 0.3) is 0 Å². The van der Waals surface area contributed by atoms with Crippen molar-refractivity contribution >= 4 is 17.4 Å². The molecule has 1 aliphatic rings. The highest BCUT2D eigenvalue weighted by molar-refractivity contribution is 6.32. The van der Waals surface area contributed by atoms with E-state index < -0.39 is 0 Å². The summed E-state index contributed by atoms with van der Waals surface area (Å²) in [6.45, 7) is 0. The van der Waals surface area contributed by atoms with Crippen LogP contribution in [0.5, 0.6) is 5.75 Å². The molecular formula is C17H15ClO2. The van der Waals surface area contributed by atoms with Gasteiger partial charge in [-0.3, -0.25) is 4.79 Å². The van der Waals surface area contributed by atoms with Crippen molar-refractivity contribution in [2.75, 3.05) is 7.11 Å². The van der Waals surface area contributed by atoms with Crippen LogP contribution >= 0.6 is 11.6 Å². The Morgan fingerprint density at radius 2 is 1.80 bits per heavy atom. The minimum Gasteiger partial charge on any atom is -0.495 e. The maximum atomic E-state index is 12.6. The van der Waals surface area contributed by atoms with Gasteiger partial charge in [0.25, 0.3) is 0 Å². The van der Waals surface area contributed by atoms with Crippen LogP contribution in [-0.2, 0) is 12.8 Å². The number of fused-ring (bicyclic) bond motifs is 1. The molecule has 0 saturated carbocycles. The molecule has 0 aromatic heterocycles. The first-order valence-corrected chi connectivity index (χ1v) is 7.01. The van der Waals surface area contributed by atoms with E-state index in [1.165, 1.54) is 11.1 Å². The molecule has 102 valence electrons. The topological polar surface area (TPSA) is 26.3 Å². The number of rotatable bonds is 3. The lowest BCUT2D eigenvalue weighted by atomic mass is 9.95. The highest BCUT2D eigenvalue weighted by Gasteiger charge is 2.28. The van der Waals surface area contributed by atoms with Crippen molar-refractivity contribution in [1.29, 1.82) is 0 Å². The van der Waals surface area contributed by atoms with Crippen LogP contribution in [0.1, 0.15) is 21.5 Å². The molecule has 0 saturated heterocycles. The van der Waals surface area contributed by atoms with Gasteiger partial charge in [0.1, 0.15) is 5.75 Å². The van der Waals surface area contributed by atoms with Gasteiger partial charge in [-0.1, -0.05) is 35.9 Å². The monoisotopic (exact) mass is 286 g/mol. The van der Waals surface area contributed by atoms with Crippen LogP contribution in [0.3, 0.4) is 0 Å². The number of methoxy groups -OCH3 is 1. The SMILES string of the molecule is COc1ccc(C(=O)C2Cc3ccccc3C2)cc1Cl. The van der Waals surface area contributed by atoms with Crippen molar-refractivity contribution in [2.24, 2.45) is 5.92 Å². The first-order chi connectivity index (χ1) is 9.69. The molecule has 3 heteroatoms. The average Bonchev–Trinajstić information content (AvgIpc) is 2.90. The van der Waals surface area contributed by atoms with E-state index in [0.29, 0.717) is 16.3 Å². The number of carbonyl (C=O) groups excluding carboxylic acids is 1. The van der Waals surface area contributed by atoms with Crippen LogP contribution in [0.15, 0.2) is 42.5 Å². The standard InChI is InChI=1S/C17H15ClO2/c1-20-16-7-6-13(10-15(16)18)17(19)14-8-11-4-2-3-5-12(11)9-14/h2-7,10,14H,8-9H2,1H3. The molecular weight excluding hydrogens is 272 g/mol. The van der Waals surface area contributed by atoms with E-state index in [-0.39, 0.29) is 11.7 Å². The summed E-state index contributed by atoms with van der Waals surface area (Å²) in [5, 5.41) is 0.480. The first kappa shape index (κ1) is 13.2. The van der Waals surface area contributed by atoms with E-state index in [0.717, 1.165) is 12.8 Å². The smallest absolute Gasteiger partial charge is 0.166 e. The van der Waals surface area contributed by atoms with Crippen molar-refractivity contribution < 1.29 is 9.53 Å². The summed E-state index contributed by atoms with van der Waals surface area (Å²) in [6, 6.07) is 13.5. The zero-order chi connectivity index (χ0) is 14.1. The third-order valence-corrected chi connectivity index (χ3v) is 4.15. The van der Waals surface area contributed by atoms with E-state index in [1.54, 1.807) is 25.3 Å². The Morgan fingerprint density at radius 1 is 1.15 bits per heavy atom. The number of Topliss-reactive ketones (excluding diaryl/α,β-unsaturated/α-hetero) is 1. The van der Waals surface area contributed by atoms with Gasteiger partial charge in [0, 0.05) is 11.5 Å². The molecule has 0 unspecified atom stereocenters. The summed E-state index contributed by atoms with van der Waals surface area (Å²) < 4.78 is 5.11. The van der Waals surface area contributed by atoms with Crippen molar-refractivity contribution in [3.63, 3.8) is 0 Å². The second kappa shape index (κ2) is 5.29. The number of benzene rings is 2. The maximum absolute atomic E-state index is 12.6. The third-order valence-electron chi connectivity index (χ3n) is 3.86. The van der Waals surface area contributed by atoms with Crippen LogP contribution < -0.4 is 4.74 Å². The van der Waals surface area contributed by atoms with Gasteiger partial charge in [-0.25, -0.2) is 0 Å². The molecule has 2 nitrogen and oxygen atoms in total. The molecule has 0 amide bonds. The van der Waals surface area contributed by atoms with Gasteiger partial charge in [-0.05, 0) is 42.2 Å². The van der Waals surface area contributed by atoms with Crippen molar-refractivity contribution in [3.8, 4) is 5.75 Å². The highest BCUT2D eigenvalue weighted by atomic mass is 35.5. The Labute approximate surface area is 123 Å². The number of ketones is 1. The quantitative estimate of drug-likeness (QED) is 0.799. The lowest BCUT2D eigenvalue weighted by Gasteiger charge is -2.10. The predicted molar refractivity (Wildman–Crippen MR) is 79.7 cm³/mol. The van der Waals surface area contributed by atoms with E-state index in [4.69, 9.17) is 16.3 Å². The Balaban J connectivity index is 1.83. The second-order valence-corrected chi connectivity index (χ2v) is 5.49. The van der Waals surface area contributed by atoms with Crippen LogP contribution in [-0.4, -0.2) is 12.9 Å². The van der Waals surface area contributed by atoms with E-state index in [1.807, 2.05) is 12.1 Å². The number of halogens is 1. The molecule has 0 atom stereocenters. The van der Waals surface area contributed by atoms with Crippen molar-refractivity contribution in [2.45, 2.75) is 12.8 Å². The lowest BCUT2D eigenvalue weighted by Crippen LogP contribution is -2.15. The summed E-state index contributed by atoms with van der Waals surface area (Å²) in [5.74, 6) is 0.778. The molecule has 0 aliphatic heterocycles. The minimum atomic E-state index is 0.0249. The second-order valence-electron chi connectivity index (χ2n) is 5.09. The maximum Gasteiger partial charge on any atom is 0.166 e. The van der Waals surface area contributed by atoms with Gasteiger partial charge in [-0.15, -0.1) is 0 Å². The molecule has 0 radical (unpaired) electrons. The Bertz CT molecular complexity index is 639. The van der Waals surface area contributed by atoms with Gasteiger partial charge in [0.05, 0.1) is 12.1 Å². The summed E-state index contributed by atoms with van der Waals surface area (Å²) in [6.07, 6.45) is 1.64. The van der Waals surface area contributed by atoms with Crippen LogP contribution in [0, 0.1) is 5.92 Å². The summed E-state index contributed by atoms with van der Waals surface area (Å²) in [5.41, 5.74) is 3.23. The molecule has 0 spiro atoms. The van der Waals surface area contributed by atoms with E-state index >= 15 is 0 Å². The van der Waals surface area contributed by atoms with E-state index in [9.17, 15) is 4.79 Å². The molecule has 3 rings (SSSR count). The van der Waals surface area contributed by atoms with E-state index in [2.05, 4.69) is 12.1 Å². The number of carbonyl (C=O) groups is 1. The van der Waals surface area contributed by atoms with Gasteiger partial charge in [0.15, 0.2) is 5.78 Å². The van der Waals surface area contributed by atoms with Crippen molar-refractivity contribution in [3.05, 3.63) is 64.2 Å². The summed E-state index contributed by atoms with van der Waals surface area (Å²) in [7, 11) is 1.57. The third kappa shape index (κ3) is 2.32. The molecule has 0 fully saturated rings. The van der Waals surface area contributed by atoms with Crippen LogP contribution in [0.2, 0.25) is 5.02 Å². The number of hydrogen-bond donors (Lipinski definition) is 0. The van der Waals surface area contributed by atoms with Crippen molar-refractivity contribution in [1.82, 2.24) is 0 Å². The Hall–Kier alpha value is -1.80. The minimum absolute atomic E-state index is 0.0249. The summed E-state index contributed by atoms with van der Waals surface area (Å²) >= 11 is 6.09. The fraction of sp³-hybridized carbons (Fsp3) is 0.235. The summed E-state index contributed by atoms with van der Waals surface area (Å²) in [4.78, 5) is 12.6. The van der Waals surface area contributed by atoms with Gasteiger partial charge < -0.3 is 4.74 Å². The van der Waals surface area contributed by atoms with Gasteiger partial charge in [0.2, 0.25) is 0 Å². The van der Waals surface area contributed by atoms with Gasteiger partial charge in [-0.2, -0.15) is 0 Å². The number of ether oxygens (including phenoxy) is 1. The molecule has 0 heterocycles. The largest absolute Gasteiger partial charge is 0.495 e. The van der Waals surface area contributed by atoms with Crippen LogP contribution in [0.4, 0.5) is 0 Å². The Morgan fingerprint density at radius 3 is 2.35 bits per heavy atom. The lowest BCUT2D eigenvalue weighted by molar-refractivity contribution is 0.0924. The molecule has 2 aromatic rings. The first-order valence-electron chi connectivity index (χ1n) is 6.63. The zero-order valence-electron chi connectivity index (χ0n) is 11.2. The average molecular weight is 287 g/mol. The molecule has 20 heavy (non-hydrogen) atoms. The normalized spacial score (nSPS) is 14.1. The molecule has 1 aliphatic carbocycles. The Kier molecular flexibility index (Phi) is 3.49.